The van der Waals surface area contributed by atoms with E-state index in [9.17, 15) is 20.0 Å². The highest BCUT2D eigenvalue weighted by atomic mass is 16.6. The number of hydrogen-bond donors (Lipinski definition) is 1. The molecule has 6 heteroatoms. The zero-order valence-corrected chi connectivity index (χ0v) is 12.0. The lowest BCUT2D eigenvalue weighted by molar-refractivity contribution is -0.384. The molecule has 0 aliphatic heterocycles. The number of carbonyl (C=O) groups excluding carboxylic acids is 1. The molecule has 0 spiro atoms. The molecule has 1 aromatic carbocycles. The van der Waals surface area contributed by atoms with Gasteiger partial charge in [-0.1, -0.05) is 12.1 Å². The Hall–Kier alpha value is -1.95. The average Bonchev–Trinajstić information content (AvgIpc) is 2.34. The highest BCUT2D eigenvalue weighted by Gasteiger charge is 2.19. The van der Waals surface area contributed by atoms with Crippen molar-refractivity contribution < 1.29 is 14.8 Å². The summed E-state index contributed by atoms with van der Waals surface area (Å²) in [7, 11) is 1.63. The van der Waals surface area contributed by atoms with Crippen LogP contribution < -0.4 is 0 Å². The van der Waals surface area contributed by atoms with Crippen molar-refractivity contribution in [2.75, 3.05) is 13.6 Å². The summed E-state index contributed by atoms with van der Waals surface area (Å²) < 4.78 is 0. The summed E-state index contributed by atoms with van der Waals surface area (Å²) in [4.78, 5) is 23.6. The van der Waals surface area contributed by atoms with Gasteiger partial charge >= 0.3 is 0 Å². The van der Waals surface area contributed by atoms with Gasteiger partial charge in [0.1, 0.15) is 0 Å². The molecule has 1 rings (SSSR count). The van der Waals surface area contributed by atoms with E-state index in [1.807, 2.05) is 0 Å². The maximum atomic E-state index is 11.9. The molecule has 0 heterocycles. The van der Waals surface area contributed by atoms with E-state index in [4.69, 9.17) is 0 Å². The Labute approximate surface area is 118 Å². The number of nitro groups is 1. The van der Waals surface area contributed by atoms with E-state index in [1.54, 1.807) is 33.0 Å². The predicted molar refractivity (Wildman–Crippen MR) is 75.4 cm³/mol. The fourth-order valence-corrected chi connectivity index (χ4v) is 1.94. The van der Waals surface area contributed by atoms with Crippen LogP contribution in [0, 0.1) is 10.1 Å². The molecule has 0 bridgehead atoms. The minimum atomic E-state index is -0.935. The molecule has 0 radical (unpaired) electrons. The van der Waals surface area contributed by atoms with E-state index >= 15 is 0 Å². The molecule has 0 atom stereocenters. The van der Waals surface area contributed by atoms with Crippen LogP contribution in [0.4, 0.5) is 5.69 Å². The van der Waals surface area contributed by atoms with Crippen molar-refractivity contribution in [1.29, 1.82) is 0 Å². The number of aryl methyl sites for hydroxylation is 1. The Balaban J connectivity index is 2.57. The summed E-state index contributed by atoms with van der Waals surface area (Å²) in [6.07, 6.45) is 0.699. The third kappa shape index (κ3) is 5.36. The molecule has 0 aromatic heterocycles. The van der Waals surface area contributed by atoms with E-state index in [2.05, 4.69) is 0 Å². The molecule has 0 saturated heterocycles. The Kier molecular flexibility index (Phi) is 5.21. The van der Waals surface area contributed by atoms with E-state index in [1.165, 1.54) is 17.0 Å². The van der Waals surface area contributed by atoms with Gasteiger partial charge in [0, 0.05) is 32.1 Å². The zero-order valence-electron chi connectivity index (χ0n) is 12.0. The van der Waals surface area contributed by atoms with Crippen LogP contribution in [0.3, 0.4) is 0 Å². The number of nitro benzene ring substituents is 1. The molecule has 0 saturated carbocycles. The molecule has 20 heavy (non-hydrogen) atoms. The highest BCUT2D eigenvalue weighted by molar-refractivity contribution is 5.76. The van der Waals surface area contributed by atoms with E-state index in [0.717, 1.165) is 5.56 Å². The molecule has 1 amide bonds. The lowest BCUT2D eigenvalue weighted by atomic mass is 10.1. The number of hydrogen-bond acceptors (Lipinski definition) is 4. The van der Waals surface area contributed by atoms with Crippen LogP contribution in [-0.2, 0) is 11.2 Å². The number of rotatable bonds is 6. The van der Waals surface area contributed by atoms with Gasteiger partial charge < -0.3 is 10.0 Å². The van der Waals surface area contributed by atoms with Gasteiger partial charge in [0.05, 0.1) is 10.5 Å². The highest BCUT2D eigenvalue weighted by Crippen LogP contribution is 2.15. The van der Waals surface area contributed by atoms with Crippen LogP contribution in [0.1, 0.15) is 25.8 Å². The zero-order chi connectivity index (χ0) is 15.3. The van der Waals surface area contributed by atoms with Crippen molar-refractivity contribution in [3.05, 3.63) is 39.9 Å². The number of aliphatic hydroxyl groups is 1. The van der Waals surface area contributed by atoms with Crippen molar-refractivity contribution in [3.8, 4) is 0 Å². The predicted octanol–water partition coefficient (Wildman–Crippen LogP) is 1.76. The number of likely N-dealkylation sites (N-methyl/N-ethyl adjacent to an activating group) is 1. The number of non-ortho nitro benzene ring substituents is 1. The van der Waals surface area contributed by atoms with Crippen LogP contribution in [0.15, 0.2) is 24.3 Å². The molecule has 1 N–H and O–H groups in total. The van der Waals surface area contributed by atoms with Crippen molar-refractivity contribution in [1.82, 2.24) is 4.90 Å². The number of nitrogens with zero attached hydrogens (tertiary/aromatic N) is 2. The van der Waals surface area contributed by atoms with Gasteiger partial charge in [-0.3, -0.25) is 14.9 Å². The van der Waals surface area contributed by atoms with Gasteiger partial charge in [-0.15, -0.1) is 0 Å². The van der Waals surface area contributed by atoms with Crippen molar-refractivity contribution in [2.24, 2.45) is 0 Å². The molecular weight excluding hydrogens is 260 g/mol. The van der Waals surface area contributed by atoms with Gasteiger partial charge in [0.25, 0.3) is 5.69 Å². The molecule has 0 fully saturated rings. The van der Waals surface area contributed by atoms with Crippen molar-refractivity contribution in [3.63, 3.8) is 0 Å². The first-order valence-electron chi connectivity index (χ1n) is 6.39. The van der Waals surface area contributed by atoms with Crippen LogP contribution >= 0.6 is 0 Å². The Morgan fingerprint density at radius 2 is 2.10 bits per heavy atom. The summed E-state index contributed by atoms with van der Waals surface area (Å²) in [6.45, 7) is 3.52. The normalized spacial score (nSPS) is 11.2. The quantitative estimate of drug-likeness (QED) is 0.635. The van der Waals surface area contributed by atoms with Gasteiger partial charge in [-0.2, -0.15) is 0 Å². The largest absolute Gasteiger partial charge is 0.389 e. The lowest BCUT2D eigenvalue weighted by Crippen LogP contribution is -2.39. The second kappa shape index (κ2) is 6.47. The van der Waals surface area contributed by atoms with Gasteiger partial charge in [0.2, 0.25) is 5.91 Å². The Morgan fingerprint density at radius 1 is 1.45 bits per heavy atom. The lowest BCUT2D eigenvalue weighted by Gasteiger charge is -2.25. The number of carbonyl (C=O) groups is 1. The first-order valence-corrected chi connectivity index (χ1v) is 6.39. The summed E-state index contributed by atoms with van der Waals surface area (Å²) in [5, 5.41) is 20.3. The molecule has 1 aromatic rings. The summed E-state index contributed by atoms with van der Waals surface area (Å²) in [5.74, 6) is -0.0985. The third-order valence-electron chi connectivity index (χ3n) is 2.80. The third-order valence-corrected chi connectivity index (χ3v) is 2.80. The second-order valence-electron chi connectivity index (χ2n) is 5.49. The summed E-state index contributed by atoms with van der Waals surface area (Å²) in [6, 6.07) is 6.27. The molecule has 0 aliphatic rings. The van der Waals surface area contributed by atoms with E-state index in [-0.39, 0.29) is 24.6 Å². The Morgan fingerprint density at radius 3 is 2.65 bits per heavy atom. The first-order chi connectivity index (χ1) is 9.19. The standard InChI is InChI=1S/C14H20N2O4/c1-14(2,18)10-15(3)13(17)8-7-11-5-4-6-12(9-11)16(19)20/h4-6,9,18H,7-8,10H2,1-3H3. The molecule has 6 nitrogen and oxygen atoms in total. The summed E-state index contributed by atoms with van der Waals surface area (Å²) >= 11 is 0. The van der Waals surface area contributed by atoms with Crippen molar-refractivity contribution in [2.45, 2.75) is 32.3 Å². The minimum Gasteiger partial charge on any atom is -0.389 e. The molecule has 110 valence electrons. The fraction of sp³-hybridized carbons (Fsp3) is 0.500. The molecular formula is C14H20N2O4. The number of benzene rings is 1. The van der Waals surface area contributed by atoms with Gasteiger partial charge in [0.15, 0.2) is 0 Å². The fourth-order valence-electron chi connectivity index (χ4n) is 1.94. The maximum absolute atomic E-state index is 11.9. The average molecular weight is 280 g/mol. The monoisotopic (exact) mass is 280 g/mol. The SMILES string of the molecule is CN(CC(C)(C)O)C(=O)CCc1cccc([N+](=O)[O-])c1. The van der Waals surface area contributed by atoms with Crippen LogP contribution in [0.25, 0.3) is 0 Å². The Bertz CT molecular complexity index is 494. The topological polar surface area (TPSA) is 83.7 Å². The summed E-state index contributed by atoms with van der Waals surface area (Å²) in [5.41, 5.74) is -0.153. The van der Waals surface area contributed by atoms with Crippen molar-refractivity contribution >= 4 is 11.6 Å². The van der Waals surface area contributed by atoms with Crippen LogP contribution in [0.2, 0.25) is 0 Å². The van der Waals surface area contributed by atoms with Gasteiger partial charge in [-0.05, 0) is 25.8 Å². The number of amides is 1. The van der Waals surface area contributed by atoms with Gasteiger partial charge in [-0.25, -0.2) is 0 Å². The van der Waals surface area contributed by atoms with Crippen LogP contribution in [0.5, 0.6) is 0 Å². The van der Waals surface area contributed by atoms with Crippen LogP contribution in [-0.4, -0.2) is 40.0 Å². The second-order valence-corrected chi connectivity index (χ2v) is 5.49. The van der Waals surface area contributed by atoms with E-state index in [0.29, 0.717) is 6.42 Å². The smallest absolute Gasteiger partial charge is 0.269 e. The minimum absolute atomic E-state index is 0.0276. The van der Waals surface area contributed by atoms with E-state index < -0.39 is 10.5 Å². The molecule has 0 unspecified atom stereocenters. The maximum Gasteiger partial charge on any atom is 0.269 e. The first kappa shape index (κ1) is 16.1. The molecule has 0 aliphatic carbocycles.